The molecule has 1 atom stereocenters. The first-order chi connectivity index (χ1) is 8.27. The Morgan fingerprint density at radius 3 is 2.47 bits per heavy atom. The van der Waals surface area contributed by atoms with Crippen LogP contribution in [0.15, 0.2) is 30.3 Å². The summed E-state index contributed by atoms with van der Waals surface area (Å²) in [5.41, 5.74) is 0.812. The second-order valence-corrected chi connectivity index (χ2v) is 4.36. The Kier molecular flexibility index (Phi) is 5.75. The van der Waals surface area contributed by atoms with Gasteiger partial charge in [-0.25, -0.2) is 0 Å². The SMILES string of the molecule is CC.CC1CCCN(C(=O)c2ccccc2)C1. The standard InChI is InChI=1S/C13H17NO.C2H6/c1-11-6-5-9-14(10-11)13(15)12-7-3-2-4-8-12;1-2/h2-4,7-8,11H,5-6,9-10H2,1H3;1-2H3. The van der Waals surface area contributed by atoms with E-state index in [0.717, 1.165) is 25.1 Å². The Morgan fingerprint density at radius 2 is 1.88 bits per heavy atom. The lowest BCUT2D eigenvalue weighted by molar-refractivity contribution is 0.0683. The summed E-state index contributed by atoms with van der Waals surface area (Å²) in [4.78, 5) is 14.0. The summed E-state index contributed by atoms with van der Waals surface area (Å²) < 4.78 is 0. The van der Waals surface area contributed by atoms with Gasteiger partial charge in [0.2, 0.25) is 0 Å². The molecule has 1 amide bonds. The molecule has 0 aromatic heterocycles. The van der Waals surface area contributed by atoms with E-state index in [2.05, 4.69) is 6.92 Å². The van der Waals surface area contributed by atoms with Crippen LogP contribution in [-0.2, 0) is 0 Å². The minimum atomic E-state index is 0.183. The molecule has 1 saturated heterocycles. The van der Waals surface area contributed by atoms with E-state index in [9.17, 15) is 4.79 Å². The first kappa shape index (κ1) is 13.8. The zero-order chi connectivity index (χ0) is 12.7. The molecule has 1 fully saturated rings. The molecule has 0 radical (unpaired) electrons. The molecule has 0 aliphatic carbocycles. The highest BCUT2D eigenvalue weighted by Crippen LogP contribution is 2.17. The minimum Gasteiger partial charge on any atom is -0.338 e. The molecule has 1 heterocycles. The van der Waals surface area contributed by atoms with Crippen molar-refractivity contribution in [1.29, 1.82) is 0 Å². The number of carbonyl (C=O) groups is 1. The van der Waals surface area contributed by atoms with Crippen molar-refractivity contribution in [1.82, 2.24) is 4.90 Å². The summed E-state index contributed by atoms with van der Waals surface area (Å²) in [6.07, 6.45) is 2.39. The number of rotatable bonds is 1. The molecule has 0 saturated carbocycles. The van der Waals surface area contributed by atoms with E-state index >= 15 is 0 Å². The first-order valence-corrected chi connectivity index (χ1v) is 6.61. The predicted molar refractivity (Wildman–Crippen MR) is 72.1 cm³/mol. The molecule has 1 unspecified atom stereocenters. The van der Waals surface area contributed by atoms with Crippen LogP contribution in [0.5, 0.6) is 0 Å². The van der Waals surface area contributed by atoms with Gasteiger partial charge in [0.05, 0.1) is 0 Å². The molecule has 0 bridgehead atoms. The average molecular weight is 233 g/mol. The maximum atomic E-state index is 12.1. The van der Waals surface area contributed by atoms with Crippen LogP contribution in [0.4, 0.5) is 0 Å². The van der Waals surface area contributed by atoms with Crippen LogP contribution in [0.1, 0.15) is 44.0 Å². The van der Waals surface area contributed by atoms with Crippen molar-refractivity contribution in [2.45, 2.75) is 33.6 Å². The topological polar surface area (TPSA) is 20.3 Å². The van der Waals surface area contributed by atoms with Gasteiger partial charge in [-0.15, -0.1) is 0 Å². The molecule has 1 aliphatic rings. The molecule has 2 rings (SSSR count). The van der Waals surface area contributed by atoms with Crippen LogP contribution in [0.3, 0.4) is 0 Å². The van der Waals surface area contributed by atoms with Crippen LogP contribution < -0.4 is 0 Å². The van der Waals surface area contributed by atoms with Crippen LogP contribution >= 0.6 is 0 Å². The van der Waals surface area contributed by atoms with E-state index in [0.29, 0.717) is 5.92 Å². The Labute approximate surface area is 105 Å². The van der Waals surface area contributed by atoms with Crippen molar-refractivity contribution in [3.8, 4) is 0 Å². The van der Waals surface area contributed by atoms with E-state index in [-0.39, 0.29) is 5.91 Å². The molecule has 2 nitrogen and oxygen atoms in total. The Balaban J connectivity index is 0.000000686. The summed E-state index contributed by atoms with van der Waals surface area (Å²) in [6, 6.07) is 9.56. The third-order valence-corrected chi connectivity index (χ3v) is 2.96. The maximum absolute atomic E-state index is 12.1. The van der Waals surface area contributed by atoms with Crippen molar-refractivity contribution >= 4 is 5.91 Å². The second kappa shape index (κ2) is 7.10. The number of nitrogens with zero attached hydrogens (tertiary/aromatic N) is 1. The molecule has 2 heteroatoms. The van der Waals surface area contributed by atoms with Crippen LogP contribution in [-0.4, -0.2) is 23.9 Å². The van der Waals surface area contributed by atoms with Gasteiger partial charge in [0.25, 0.3) is 5.91 Å². The summed E-state index contributed by atoms with van der Waals surface area (Å²) in [6.45, 7) is 8.04. The molecule has 17 heavy (non-hydrogen) atoms. The highest BCUT2D eigenvalue weighted by atomic mass is 16.2. The van der Waals surface area contributed by atoms with Gasteiger partial charge in [0, 0.05) is 18.7 Å². The lowest BCUT2D eigenvalue weighted by Crippen LogP contribution is -2.39. The molecule has 1 aliphatic heterocycles. The van der Waals surface area contributed by atoms with Gasteiger partial charge in [0.15, 0.2) is 0 Å². The average Bonchev–Trinajstić information content (AvgIpc) is 2.41. The van der Waals surface area contributed by atoms with Crippen LogP contribution in [0, 0.1) is 5.92 Å². The molecule has 1 aromatic rings. The third kappa shape index (κ3) is 3.88. The number of piperidine rings is 1. The summed E-state index contributed by atoms with van der Waals surface area (Å²) in [7, 11) is 0. The van der Waals surface area contributed by atoms with Gasteiger partial charge >= 0.3 is 0 Å². The quantitative estimate of drug-likeness (QED) is 0.726. The summed E-state index contributed by atoms with van der Waals surface area (Å²) in [5, 5.41) is 0. The first-order valence-electron chi connectivity index (χ1n) is 6.61. The van der Waals surface area contributed by atoms with E-state index in [1.807, 2.05) is 49.1 Å². The smallest absolute Gasteiger partial charge is 0.253 e. The zero-order valence-corrected chi connectivity index (χ0v) is 11.1. The second-order valence-electron chi connectivity index (χ2n) is 4.36. The van der Waals surface area contributed by atoms with E-state index in [1.54, 1.807) is 0 Å². The normalized spacial score (nSPS) is 19.2. The minimum absolute atomic E-state index is 0.183. The third-order valence-electron chi connectivity index (χ3n) is 2.96. The van der Waals surface area contributed by atoms with Gasteiger partial charge in [-0.05, 0) is 30.9 Å². The largest absolute Gasteiger partial charge is 0.338 e. The number of benzene rings is 1. The lowest BCUT2D eigenvalue weighted by atomic mass is 9.99. The molecule has 0 spiro atoms. The van der Waals surface area contributed by atoms with Gasteiger partial charge in [-0.3, -0.25) is 4.79 Å². The van der Waals surface area contributed by atoms with Crippen molar-refractivity contribution in [2.75, 3.05) is 13.1 Å². The van der Waals surface area contributed by atoms with Crippen LogP contribution in [0.2, 0.25) is 0 Å². The fraction of sp³-hybridized carbons (Fsp3) is 0.533. The Hall–Kier alpha value is -1.31. The lowest BCUT2D eigenvalue weighted by Gasteiger charge is -2.31. The highest BCUT2D eigenvalue weighted by molar-refractivity contribution is 5.94. The van der Waals surface area contributed by atoms with E-state index in [1.165, 1.54) is 6.42 Å². The van der Waals surface area contributed by atoms with Gasteiger partial charge in [-0.2, -0.15) is 0 Å². The summed E-state index contributed by atoms with van der Waals surface area (Å²) in [5.74, 6) is 0.827. The van der Waals surface area contributed by atoms with E-state index in [4.69, 9.17) is 0 Å². The van der Waals surface area contributed by atoms with Gasteiger partial charge in [-0.1, -0.05) is 39.0 Å². The van der Waals surface area contributed by atoms with Gasteiger partial charge < -0.3 is 4.90 Å². The Bertz CT molecular complexity index is 334. The van der Waals surface area contributed by atoms with Crippen LogP contribution in [0.25, 0.3) is 0 Å². The Morgan fingerprint density at radius 1 is 1.24 bits per heavy atom. The predicted octanol–water partition coefficient (Wildman–Crippen LogP) is 3.58. The maximum Gasteiger partial charge on any atom is 0.253 e. The molecular formula is C15H23NO. The monoisotopic (exact) mass is 233 g/mol. The molecule has 94 valence electrons. The fourth-order valence-electron chi connectivity index (χ4n) is 2.14. The van der Waals surface area contributed by atoms with Crippen molar-refractivity contribution in [2.24, 2.45) is 5.92 Å². The number of amides is 1. The number of hydrogen-bond acceptors (Lipinski definition) is 1. The van der Waals surface area contributed by atoms with Gasteiger partial charge in [0.1, 0.15) is 0 Å². The highest BCUT2D eigenvalue weighted by Gasteiger charge is 2.21. The number of hydrogen-bond donors (Lipinski definition) is 0. The number of likely N-dealkylation sites (tertiary alicyclic amines) is 1. The van der Waals surface area contributed by atoms with Crippen molar-refractivity contribution in [3.05, 3.63) is 35.9 Å². The molecular weight excluding hydrogens is 210 g/mol. The van der Waals surface area contributed by atoms with Crippen molar-refractivity contribution < 1.29 is 4.79 Å². The molecule has 0 N–H and O–H groups in total. The van der Waals surface area contributed by atoms with Crippen molar-refractivity contribution in [3.63, 3.8) is 0 Å². The number of carbonyl (C=O) groups excluding carboxylic acids is 1. The molecule has 1 aromatic carbocycles. The van der Waals surface area contributed by atoms with E-state index < -0.39 is 0 Å². The zero-order valence-electron chi connectivity index (χ0n) is 11.1. The fourth-order valence-corrected chi connectivity index (χ4v) is 2.14. The summed E-state index contributed by atoms with van der Waals surface area (Å²) >= 11 is 0.